The highest BCUT2D eigenvalue weighted by molar-refractivity contribution is 5.81. The summed E-state index contributed by atoms with van der Waals surface area (Å²) in [6.45, 7) is 0. The van der Waals surface area contributed by atoms with Crippen LogP contribution in [-0.2, 0) is 0 Å². The van der Waals surface area contributed by atoms with Gasteiger partial charge in [-0.1, -0.05) is 42.5 Å². The van der Waals surface area contributed by atoms with E-state index in [-0.39, 0.29) is 5.82 Å². The summed E-state index contributed by atoms with van der Waals surface area (Å²) in [7, 11) is 0. The Morgan fingerprint density at radius 1 is 0.941 bits per heavy atom. The molecule has 0 saturated heterocycles. The molecule has 0 atom stereocenters. The van der Waals surface area contributed by atoms with Crippen LogP contribution in [-0.4, -0.2) is 0 Å². The molecule has 0 aliphatic rings. The fraction of sp³-hybridized carbons (Fsp3) is 0. The number of halogens is 1. The van der Waals surface area contributed by atoms with E-state index in [9.17, 15) is 4.39 Å². The average Bonchev–Trinajstić information content (AvgIpc) is 2.38. The fourth-order valence-corrected chi connectivity index (χ4v) is 1.65. The predicted octanol–water partition coefficient (Wildman–Crippen LogP) is 3.78. The second kappa shape index (κ2) is 5.09. The van der Waals surface area contributed by atoms with Gasteiger partial charge in [0.05, 0.1) is 6.07 Å². The molecule has 2 aromatic carbocycles. The van der Waals surface area contributed by atoms with E-state index in [1.807, 2.05) is 36.4 Å². The van der Waals surface area contributed by atoms with Crippen molar-refractivity contribution in [2.75, 3.05) is 0 Å². The Balaban J connectivity index is 2.48. The fourth-order valence-electron chi connectivity index (χ4n) is 1.65. The molecule has 82 valence electrons. The Morgan fingerprint density at radius 3 is 2.12 bits per heavy atom. The van der Waals surface area contributed by atoms with Gasteiger partial charge in [-0.15, -0.1) is 0 Å². The van der Waals surface area contributed by atoms with Gasteiger partial charge in [-0.05, 0) is 28.8 Å². The number of rotatable bonds is 2. The lowest BCUT2D eigenvalue weighted by atomic mass is 9.98. The first-order valence-corrected chi connectivity index (χ1v) is 5.22. The summed E-state index contributed by atoms with van der Waals surface area (Å²) in [6.07, 6.45) is 1.47. The molecule has 0 saturated carbocycles. The molecular weight excluding hydrogens is 213 g/mol. The molecule has 0 N–H and O–H groups in total. The monoisotopic (exact) mass is 223 g/mol. The summed E-state index contributed by atoms with van der Waals surface area (Å²) in [5, 5.41) is 8.81. The van der Waals surface area contributed by atoms with Gasteiger partial charge in [0, 0.05) is 6.08 Å². The van der Waals surface area contributed by atoms with Gasteiger partial charge >= 0.3 is 0 Å². The van der Waals surface area contributed by atoms with Crippen molar-refractivity contribution < 1.29 is 4.39 Å². The van der Waals surface area contributed by atoms with E-state index in [4.69, 9.17) is 5.26 Å². The number of benzene rings is 2. The van der Waals surface area contributed by atoms with Gasteiger partial charge in [0.1, 0.15) is 5.82 Å². The molecule has 0 heterocycles. The van der Waals surface area contributed by atoms with Crippen molar-refractivity contribution in [1.29, 1.82) is 5.26 Å². The molecule has 0 aliphatic heterocycles. The smallest absolute Gasteiger partial charge is 0.123 e. The summed E-state index contributed by atoms with van der Waals surface area (Å²) in [4.78, 5) is 0. The van der Waals surface area contributed by atoms with Crippen LogP contribution < -0.4 is 0 Å². The molecule has 0 aromatic heterocycles. The van der Waals surface area contributed by atoms with Gasteiger partial charge in [0.15, 0.2) is 0 Å². The van der Waals surface area contributed by atoms with Crippen LogP contribution >= 0.6 is 0 Å². The zero-order valence-electron chi connectivity index (χ0n) is 9.10. The Hall–Kier alpha value is -2.40. The molecular formula is C15H10FN. The van der Waals surface area contributed by atoms with E-state index in [1.54, 1.807) is 12.1 Å². The summed E-state index contributed by atoms with van der Waals surface area (Å²) in [5.41, 5.74) is 2.58. The van der Waals surface area contributed by atoms with Crippen LogP contribution in [0.15, 0.2) is 60.7 Å². The number of nitrogens with zero attached hydrogens (tertiary/aromatic N) is 1. The Labute approximate surface area is 99.5 Å². The van der Waals surface area contributed by atoms with Crippen molar-refractivity contribution in [3.63, 3.8) is 0 Å². The van der Waals surface area contributed by atoms with Crippen LogP contribution in [0.5, 0.6) is 0 Å². The summed E-state index contributed by atoms with van der Waals surface area (Å²) < 4.78 is 12.9. The summed E-state index contributed by atoms with van der Waals surface area (Å²) in [5.74, 6) is -0.280. The average molecular weight is 223 g/mol. The lowest BCUT2D eigenvalue weighted by molar-refractivity contribution is 0.627. The van der Waals surface area contributed by atoms with Crippen molar-refractivity contribution in [2.24, 2.45) is 0 Å². The molecule has 0 fully saturated rings. The molecule has 2 aromatic rings. The van der Waals surface area contributed by atoms with Crippen molar-refractivity contribution in [3.8, 4) is 6.07 Å². The zero-order valence-corrected chi connectivity index (χ0v) is 9.10. The van der Waals surface area contributed by atoms with Gasteiger partial charge in [0.25, 0.3) is 0 Å². The van der Waals surface area contributed by atoms with E-state index in [0.717, 1.165) is 16.7 Å². The Kier molecular flexibility index (Phi) is 3.32. The third-order valence-corrected chi connectivity index (χ3v) is 2.45. The lowest BCUT2D eigenvalue weighted by Crippen LogP contribution is -1.87. The van der Waals surface area contributed by atoms with Gasteiger partial charge in [-0.2, -0.15) is 5.26 Å². The summed E-state index contributed by atoms with van der Waals surface area (Å²) >= 11 is 0. The van der Waals surface area contributed by atoms with Crippen LogP contribution in [0.25, 0.3) is 5.57 Å². The van der Waals surface area contributed by atoms with E-state index < -0.39 is 0 Å². The minimum Gasteiger partial charge on any atom is -0.207 e. The van der Waals surface area contributed by atoms with Gasteiger partial charge in [0.2, 0.25) is 0 Å². The minimum absolute atomic E-state index is 0.280. The molecule has 1 nitrogen and oxygen atoms in total. The largest absolute Gasteiger partial charge is 0.207 e. The van der Waals surface area contributed by atoms with Crippen molar-refractivity contribution in [3.05, 3.63) is 77.6 Å². The minimum atomic E-state index is -0.280. The van der Waals surface area contributed by atoms with E-state index in [2.05, 4.69) is 0 Å². The highest BCUT2D eigenvalue weighted by Crippen LogP contribution is 2.23. The van der Waals surface area contributed by atoms with Crippen LogP contribution in [0, 0.1) is 17.1 Å². The number of nitriles is 1. The van der Waals surface area contributed by atoms with Crippen LogP contribution in [0.3, 0.4) is 0 Å². The SMILES string of the molecule is N#C/C=C(\c1ccccc1)c1ccc(F)cc1. The number of allylic oxidation sites excluding steroid dienone is 1. The quantitative estimate of drug-likeness (QED) is 0.711. The maximum atomic E-state index is 12.9. The third kappa shape index (κ3) is 2.59. The topological polar surface area (TPSA) is 23.8 Å². The molecule has 2 heteroatoms. The molecule has 2 rings (SSSR count). The first kappa shape index (κ1) is 11.1. The number of hydrogen-bond donors (Lipinski definition) is 0. The van der Waals surface area contributed by atoms with Gasteiger partial charge < -0.3 is 0 Å². The summed E-state index contributed by atoms with van der Waals surface area (Å²) in [6, 6.07) is 17.7. The molecule has 0 bridgehead atoms. The second-order valence-corrected chi connectivity index (χ2v) is 3.56. The van der Waals surface area contributed by atoms with E-state index >= 15 is 0 Å². The predicted molar refractivity (Wildman–Crippen MR) is 65.5 cm³/mol. The zero-order chi connectivity index (χ0) is 12.1. The normalized spacial score (nSPS) is 10.9. The van der Waals surface area contributed by atoms with E-state index in [0.29, 0.717) is 0 Å². The lowest BCUT2D eigenvalue weighted by Gasteiger charge is -2.06. The molecule has 0 radical (unpaired) electrons. The maximum Gasteiger partial charge on any atom is 0.123 e. The van der Waals surface area contributed by atoms with Crippen molar-refractivity contribution in [1.82, 2.24) is 0 Å². The van der Waals surface area contributed by atoms with Gasteiger partial charge in [-0.3, -0.25) is 0 Å². The molecule has 0 aliphatic carbocycles. The highest BCUT2D eigenvalue weighted by atomic mass is 19.1. The van der Waals surface area contributed by atoms with Gasteiger partial charge in [-0.25, -0.2) is 4.39 Å². The third-order valence-electron chi connectivity index (χ3n) is 2.45. The van der Waals surface area contributed by atoms with Crippen LogP contribution in [0.1, 0.15) is 11.1 Å². The molecule has 0 spiro atoms. The second-order valence-electron chi connectivity index (χ2n) is 3.56. The first-order valence-electron chi connectivity index (χ1n) is 5.22. The number of hydrogen-bond acceptors (Lipinski definition) is 1. The molecule has 0 amide bonds. The van der Waals surface area contributed by atoms with E-state index in [1.165, 1.54) is 18.2 Å². The van der Waals surface area contributed by atoms with Crippen molar-refractivity contribution in [2.45, 2.75) is 0 Å². The van der Waals surface area contributed by atoms with Crippen LogP contribution in [0.2, 0.25) is 0 Å². The Bertz CT molecular complexity index is 562. The first-order chi connectivity index (χ1) is 8.31. The Morgan fingerprint density at radius 2 is 1.53 bits per heavy atom. The van der Waals surface area contributed by atoms with Crippen molar-refractivity contribution >= 4 is 5.57 Å². The molecule has 0 unspecified atom stereocenters. The highest BCUT2D eigenvalue weighted by Gasteiger charge is 2.04. The molecule has 17 heavy (non-hydrogen) atoms. The standard InChI is InChI=1S/C15H10FN/c16-14-8-6-13(7-9-14)15(10-11-17)12-4-2-1-3-5-12/h1-10H/b15-10+. The van der Waals surface area contributed by atoms with Crippen LogP contribution in [0.4, 0.5) is 4.39 Å². The maximum absolute atomic E-state index is 12.9.